The van der Waals surface area contributed by atoms with Crippen LogP contribution in [-0.4, -0.2) is 31.2 Å². The lowest BCUT2D eigenvalue weighted by molar-refractivity contribution is 0.0287. The van der Waals surface area contributed by atoms with E-state index in [4.69, 9.17) is 14.9 Å². The first kappa shape index (κ1) is 15.7. The van der Waals surface area contributed by atoms with Crippen molar-refractivity contribution < 1.29 is 9.16 Å². The van der Waals surface area contributed by atoms with Crippen molar-refractivity contribution in [3.63, 3.8) is 0 Å². The average Bonchev–Trinajstić information content (AvgIpc) is 2.65. The first-order chi connectivity index (χ1) is 9.17. The highest BCUT2D eigenvalue weighted by Gasteiger charge is 2.42. The van der Waals surface area contributed by atoms with Crippen molar-refractivity contribution in [2.24, 2.45) is 5.92 Å². The zero-order valence-electron chi connectivity index (χ0n) is 13.0. The summed E-state index contributed by atoms with van der Waals surface area (Å²) in [5.74, 6) is 0.565. The molecule has 0 aromatic carbocycles. The third-order valence-corrected chi connectivity index (χ3v) is 9.52. The molecule has 20 heavy (non-hydrogen) atoms. The Bertz CT molecular complexity index is 453. The van der Waals surface area contributed by atoms with E-state index in [9.17, 15) is 0 Å². The molecule has 7 heteroatoms. The highest BCUT2D eigenvalue weighted by molar-refractivity contribution is 7.16. The molecule has 0 amide bonds. The number of ether oxygens (including phenoxy) is 1. The molecule has 1 aromatic rings. The summed E-state index contributed by atoms with van der Waals surface area (Å²) in [6.07, 6.45) is 2.57. The maximum atomic E-state index is 6.36. The van der Waals surface area contributed by atoms with Gasteiger partial charge in [0.25, 0.3) is 5.19 Å². The van der Waals surface area contributed by atoms with Crippen LogP contribution in [0.15, 0.2) is 0 Å². The van der Waals surface area contributed by atoms with Crippen LogP contribution in [0.3, 0.4) is 0 Å². The van der Waals surface area contributed by atoms with Crippen molar-refractivity contribution >= 4 is 24.8 Å². The van der Waals surface area contributed by atoms with E-state index in [1.807, 2.05) is 0 Å². The topological polar surface area (TPSA) is 70.3 Å². The molecular formula is C13H25N3O2SSi. The Morgan fingerprint density at radius 1 is 1.30 bits per heavy atom. The van der Waals surface area contributed by atoms with E-state index in [0.29, 0.717) is 29.0 Å². The van der Waals surface area contributed by atoms with Crippen molar-refractivity contribution in [1.29, 1.82) is 0 Å². The van der Waals surface area contributed by atoms with E-state index in [1.165, 1.54) is 11.3 Å². The quantitative estimate of drug-likeness (QED) is 0.844. The summed E-state index contributed by atoms with van der Waals surface area (Å²) in [7, 11) is -1.63. The second-order valence-corrected chi connectivity index (χ2v) is 12.8. The molecule has 0 unspecified atom stereocenters. The lowest BCUT2D eigenvalue weighted by atomic mass is 9.83. The average molecular weight is 316 g/mol. The number of anilines is 1. The van der Waals surface area contributed by atoms with Gasteiger partial charge in [-0.2, -0.15) is 0 Å². The van der Waals surface area contributed by atoms with E-state index in [1.54, 1.807) is 0 Å². The number of rotatable bonds is 5. The molecule has 2 rings (SSSR count). The van der Waals surface area contributed by atoms with Crippen molar-refractivity contribution in [3.8, 4) is 5.19 Å². The molecule has 0 radical (unpaired) electrons. The summed E-state index contributed by atoms with van der Waals surface area (Å²) in [4.78, 5) is 0. The van der Waals surface area contributed by atoms with Crippen LogP contribution in [0, 0.1) is 5.92 Å². The smallest absolute Gasteiger partial charge is 0.295 e. The summed E-state index contributed by atoms with van der Waals surface area (Å²) >= 11 is 1.29. The SMILES string of the molecule is CC(C)(C)[Si](C)(C)OC1CC(COc2nnc(N)s2)C1. The maximum Gasteiger partial charge on any atom is 0.295 e. The predicted molar refractivity (Wildman–Crippen MR) is 84.6 cm³/mol. The van der Waals surface area contributed by atoms with Crippen LogP contribution in [0.1, 0.15) is 33.6 Å². The van der Waals surface area contributed by atoms with Crippen LogP contribution in [0.2, 0.25) is 18.1 Å². The molecule has 114 valence electrons. The summed E-state index contributed by atoms with van der Waals surface area (Å²) < 4.78 is 12.0. The van der Waals surface area contributed by atoms with Gasteiger partial charge >= 0.3 is 0 Å². The molecule has 1 aliphatic rings. The van der Waals surface area contributed by atoms with Gasteiger partial charge in [-0.25, -0.2) is 0 Å². The van der Waals surface area contributed by atoms with Crippen LogP contribution in [0.5, 0.6) is 5.19 Å². The zero-order chi connectivity index (χ0) is 15.0. The summed E-state index contributed by atoms with van der Waals surface area (Å²) in [6, 6.07) is 0. The number of hydrogen-bond donors (Lipinski definition) is 1. The summed E-state index contributed by atoms with van der Waals surface area (Å²) in [5, 5.41) is 8.88. The number of aromatic nitrogens is 2. The third-order valence-electron chi connectivity index (χ3n) is 4.32. The highest BCUT2D eigenvalue weighted by Crippen LogP contribution is 2.41. The minimum Gasteiger partial charge on any atom is -0.469 e. The molecule has 1 saturated carbocycles. The molecular weight excluding hydrogens is 290 g/mol. The number of hydrogen-bond acceptors (Lipinski definition) is 6. The molecule has 1 fully saturated rings. The normalized spacial score (nSPS) is 23.4. The van der Waals surface area contributed by atoms with Crippen LogP contribution in [0.4, 0.5) is 5.13 Å². The van der Waals surface area contributed by atoms with Gasteiger partial charge in [0, 0.05) is 6.10 Å². The number of nitrogen functional groups attached to an aromatic ring is 1. The zero-order valence-corrected chi connectivity index (χ0v) is 14.8. The fourth-order valence-electron chi connectivity index (χ4n) is 1.97. The highest BCUT2D eigenvalue weighted by atomic mass is 32.1. The lowest BCUT2D eigenvalue weighted by Gasteiger charge is -2.44. The summed E-state index contributed by atoms with van der Waals surface area (Å²) in [5.41, 5.74) is 5.51. The lowest BCUT2D eigenvalue weighted by Crippen LogP contribution is -2.48. The Labute approximate surface area is 126 Å². The van der Waals surface area contributed by atoms with Gasteiger partial charge in [0.2, 0.25) is 5.13 Å². The fraction of sp³-hybridized carbons (Fsp3) is 0.846. The van der Waals surface area contributed by atoms with E-state index in [-0.39, 0.29) is 5.04 Å². The summed E-state index contributed by atoms with van der Waals surface area (Å²) in [6.45, 7) is 12.1. The second kappa shape index (κ2) is 5.61. The molecule has 2 N–H and O–H groups in total. The van der Waals surface area contributed by atoms with Crippen molar-refractivity contribution in [2.75, 3.05) is 12.3 Å². The van der Waals surface area contributed by atoms with Gasteiger partial charge in [0.15, 0.2) is 8.32 Å². The first-order valence-corrected chi connectivity index (χ1v) is 10.8. The number of nitrogens with zero attached hydrogens (tertiary/aromatic N) is 2. The molecule has 0 bridgehead atoms. The maximum absolute atomic E-state index is 6.36. The van der Waals surface area contributed by atoms with Gasteiger partial charge in [-0.3, -0.25) is 0 Å². The van der Waals surface area contributed by atoms with Crippen LogP contribution in [-0.2, 0) is 4.43 Å². The Kier molecular flexibility index (Phi) is 4.41. The van der Waals surface area contributed by atoms with Gasteiger partial charge in [-0.05, 0) is 48.2 Å². The van der Waals surface area contributed by atoms with E-state index < -0.39 is 8.32 Å². The monoisotopic (exact) mass is 315 g/mol. The minimum atomic E-state index is -1.63. The Morgan fingerprint density at radius 3 is 2.45 bits per heavy atom. The molecule has 0 saturated heterocycles. The van der Waals surface area contributed by atoms with Gasteiger partial charge in [-0.15, -0.1) is 5.10 Å². The molecule has 0 atom stereocenters. The van der Waals surface area contributed by atoms with E-state index >= 15 is 0 Å². The fourth-order valence-corrected chi connectivity index (χ4v) is 3.82. The Morgan fingerprint density at radius 2 is 1.95 bits per heavy atom. The molecule has 1 aromatic heterocycles. The van der Waals surface area contributed by atoms with Crippen molar-refractivity contribution in [3.05, 3.63) is 0 Å². The van der Waals surface area contributed by atoms with Crippen LogP contribution in [0.25, 0.3) is 0 Å². The molecule has 5 nitrogen and oxygen atoms in total. The van der Waals surface area contributed by atoms with Crippen molar-refractivity contribution in [2.45, 2.75) is 57.8 Å². The van der Waals surface area contributed by atoms with Crippen LogP contribution >= 0.6 is 11.3 Å². The second-order valence-electron chi connectivity index (χ2n) is 7.05. The molecule has 1 aliphatic carbocycles. The van der Waals surface area contributed by atoms with Crippen molar-refractivity contribution in [1.82, 2.24) is 10.2 Å². The van der Waals surface area contributed by atoms with Gasteiger partial charge in [0.1, 0.15) is 0 Å². The largest absolute Gasteiger partial charge is 0.469 e. The van der Waals surface area contributed by atoms with Gasteiger partial charge in [-0.1, -0.05) is 25.9 Å². The standard InChI is InChI=1S/C13H25N3O2SSi/c1-13(2,3)20(4,5)18-10-6-9(7-10)8-17-12-16-15-11(14)19-12/h9-10H,6-8H2,1-5H3,(H2,14,15). The minimum absolute atomic E-state index is 0.276. The molecule has 0 aliphatic heterocycles. The first-order valence-electron chi connectivity index (χ1n) is 7.07. The van der Waals surface area contributed by atoms with E-state index in [2.05, 4.69) is 44.1 Å². The van der Waals surface area contributed by atoms with E-state index in [0.717, 1.165) is 12.8 Å². The van der Waals surface area contributed by atoms with Gasteiger partial charge in [0.05, 0.1) is 6.61 Å². The molecule has 0 spiro atoms. The predicted octanol–water partition coefficient (Wildman–Crippen LogP) is 3.30. The molecule has 1 heterocycles. The Hall–Kier alpha value is -0.663. The number of nitrogens with two attached hydrogens (primary N) is 1. The Balaban J connectivity index is 1.70. The van der Waals surface area contributed by atoms with Crippen LogP contribution < -0.4 is 10.5 Å². The van der Waals surface area contributed by atoms with Gasteiger partial charge < -0.3 is 14.9 Å². The third kappa shape index (κ3) is 3.71.